The molecule has 0 fully saturated rings. The minimum absolute atomic E-state index is 0.0283. The number of fused-ring (bicyclic) bond motifs is 1. The number of carbonyl (C=O) groups is 1. The highest BCUT2D eigenvalue weighted by Gasteiger charge is 2.48. The number of hydrogen-bond acceptors (Lipinski definition) is 4. The zero-order valence-corrected chi connectivity index (χ0v) is 14.7. The standard InChI is InChI=1S/C20H17F3O4/c1-3-26-19(24)16-11-14-10-13(12-4-7-15(25-2)8-5-12)6-9-17(14)27-18(16)20(21,22)23/h4-11,18H,3H2,1-2H3. The van der Waals surface area contributed by atoms with Crippen molar-refractivity contribution in [3.8, 4) is 22.6 Å². The molecule has 0 saturated carbocycles. The zero-order chi connectivity index (χ0) is 19.6. The van der Waals surface area contributed by atoms with Gasteiger partial charge in [-0.25, -0.2) is 4.79 Å². The van der Waals surface area contributed by atoms with Gasteiger partial charge >= 0.3 is 12.1 Å². The third-order valence-corrected chi connectivity index (χ3v) is 4.08. The number of halogens is 3. The topological polar surface area (TPSA) is 44.8 Å². The van der Waals surface area contributed by atoms with Crippen LogP contribution >= 0.6 is 0 Å². The molecule has 0 spiro atoms. The van der Waals surface area contributed by atoms with Gasteiger partial charge in [0.05, 0.1) is 19.3 Å². The summed E-state index contributed by atoms with van der Waals surface area (Å²) in [6.45, 7) is 1.50. The van der Waals surface area contributed by atoms with Crippen molar-refractivity contribution in [2.75, 3.05) is 13.7 Å². The lowest BCUT2D eigenvalue weighted by Gasteiger charge is -2.28. The van der Waals surface area contributed by atoms with Crippen LogP contribution in [-0.2, 0) is 9.53 Å². The van der Waals surface area contributed by atoms with Crippen LogP contribution in [0.15, 0.2) is 48.0 Å². The molecule has 0 amide bonds. The van der Waals surface area contributed by atoms with E-state index in [1.807, 2.05) is 12.1 Å². The van der Waals surface area contributed by atoms with Gasteiger partial charge in [0.15, 0.2) is 0 Å². The molecular weight excluding hydrogens is 361 g/mol. The summed E-state index contributed by atoms with van der Waals surface area (Å²) in [5.74, 6) is -0.291. The van der Waals surface area contributed by atoms with Gasteiger partial charge in [-0.05, 0) is 48.4 Å². The molecule has 0 N–H and O–H groups in total. The number of esters is 1. The van der Waals surface area contributed by atoms with Crippen LogP contribution in [0.25, 0.3) is 17.2 Å². The number of rotatable bonds is 4. The Kier molecular flexibility index (Phi) is 5.12. The Labute approximate surface area is 154 Å². The van der Waals surface area contributed by atoms with E-state index in [1.54, 1.807) is 31.4 Å². The molecule has 1 aliphatic rings. The summed E-state index contributed by atoms with van der Waals surface area (Å²) in [6.07, 6.45) is -5.90. The summed E-state index contributed by atoms with van der Waals surface area (Å²) in [6, 6.07) is 12.0. The van der Waals surface area contributed by atoms with E-state index in [-0.39, 0.29) is 12.4 Å². The van der Waals surface area contributed by atoms with E-state index >= 15 is 0 Å². The molecule has 0 aliphatic carbocycles. The summed E-state index contributed by atoms with van der Waals surface area (Å²) in [7, 11) is 1.56. The van der Waals surface area contributed by atoms with Crippen molar-refractivity contribution < 1.29 is 32.2 Å². The number of carbonyl (C=O) groups excluding carboxylic acids is 1. The second-order valence-electron chi connectivity index (χ2n) is 5.84. The van der Waals surface area contributed by atoms with Gasteiger partial charge in [0, 0.05) is 5.56 Å². The maximum absolute atomic E-state index is 13.3. The Bertz CT molecular complexity index is 870. The van der Waals surface area contributed by atoms with Crippen molar-refractivity contribution in [2.45, 2.75) is 19.2 Å². The van der Waals surface area contributed by atoms with Gasteiger partial charge in [0.25, 0.3) is 0 Å². The fourth-order valence-electron chi connectivity index (χ4n) is 2.79. The smallest absolute Gasteiger partial charge is 0.430 e. The molecule has 1 unspecified atom stereocenters. The molecule has 3 rings (SSSR count). The molecule has 0 bridgehead atoms. The van der Waals surface area contributed by atoms with Crippen LogP contribution in [0.3, 0.4) is 0 Å². The average Bonchev–Trinajstić information content (AvgIpc) is 2.66. The van der Waals surface area contributed by atoms with Crippen molar-refractivity contribution in [3.63, 3.8) is 0 Å². The monoisotopic (exact) mass is 378 g/mol. The van der Waals surface area contributed by atoms with Crippen LogP contribution in [0, 0.1) is 0 Å². The maximum Gasteiger partial charge on any atom is 0.430 e. The zero-order valence-electron chi connectivity index (χ0n) is 14.7. The third kappa shape index (κ3) is 3.92. The van der Waals surface area contributed by atoms with Gasteiger partial charge in [0.1, 0.15) is 11.5 Å². The summed E-state index contributed by atoms with van der Waals surface area (Å²) in [5, 5.41) is 0. The third-order valence-electron chi connectivity index (χ3n) is 4.08. The fourth-order valence-corrected chi connectivity index (χ4v) is 2.79. The molecule has 2 aromatic rings. The molecular formula is C20H17F3O4. The highest BCUT2D eigenvalue weighted by atomic mass is 19.4. The molecule has 0 saturated heterocycles. The van der Waals surface area contributed by atoms with Crippen LogP contribution in [-0.4, -0.2) is 32.0 Å². The van der Waals surface area contributed by atoms with E-state index in [0.717, 1.165) is 11.1 Å². The summed E-state index contributed by atoms with van der Waals surface area (Å²) < 4.78 is 54.9. The minimum Gasteiger partial charge on any atom is -0.497 e. The number of alkyl halides is 3. The van der Waals surface area contributed by atoms with Gasteiger partial charge in [0.2, 0.25) is 6.10 Å². The van der Waals surface area contributed by atoms with E-state index in [9.17, 15) is 18.0 Å². The van der Waals surface area contributed by atoms with Crippen molar-refractivity contribution in [2.24, 2.45) is 0 Å². The first kappa shape index (κ1) is 18.8. The summed E-state index contributed by atoms with van der Waals surface area (Å²) in [4.78, 5) is 12.0. The summed E-state index contributed by atoms with van der Waals surface area (Å²) in [5.41, 5.74) is 1.43. The SMILES string of the molecule is CCOC(=O)C1=Cc2cc(-c3ccc(OC)cc3)ccc2OC1C(F)(F)F. The van der Waals surface area contributed by atoms with Crippen LogP contribution in [0.2, 0.25) is 0 Å². The molecule has 142 valence electrons. The number of methoxy groups -OCH3 is 1. The minimum atomic E-state index is -4.73. The van der Waals surface area contributed by atoms with Crippen molar-refractivity contribution >= 4 is 12.0 Å². The predicted octanol–water partition coefficient (Wildman–Crippen LogP) is 4.63. The van der Waals surface area contributed by atoms with Crippen LogP contribution < -0.4 is 9.47 Å². The molecule has 4 nitrogen and oxygen atoms in total. The lowest BCUT2D eigenvalue weighted by atomic mass is 9.97. The van der Waals surface area contributed by atoms with E-state index in [1.165, 1.54) is 19.1 Å². The van der Waals surface area contributed by atoms with E-state index < -0.39 is 23.8 Å². The quantitative estimate of drug-likeness (QED) is 0.728. The molecule has 2 aromatic carbocycles. The Morgan fingerprint density at radius 1 is 1.11 bits per heavy atom. The first-order chi connectivity index (χ1) is 12.8. The highest BCUT2D eigenvalue weighted by molar-refractivity contribution is 5.96. The molecule has 0 aromatic heterocycles. The largest absolute Gasteiger partial charge is 0.497 e. The van der Waals surface area contributed by atoms with E-state index in [4.69, 9.17) is 14.2 Å². The fraction of sp³-hybridized carbons (Fsp3) is 0.250. The Balaban J connectivity index is 2.02. The van der Waals surface area contributed by atoms with Gasteiger partial charge in [-0.3, -0.25) is 0 Å². The highest BCUT2D eigenvalue weighted by Crippen LogP contribution is 2.39. The molecule has 27 heavy (non-hydrogen) atoms. The Hall–Kier alpha value is -2.96. The van der Waals surface area contributed by atoms with Gasteiger partial charge in [-0.2, -0.15) is 13.2 Å². The molecule has 7 heteroatoms. The van der Waals surface area contributed by atoms with Crippen LogP contribution in [0.4, 0.5) is 13.2 Å². The van der Waals surface area contributed by atoms with Gasteiger partial charge < -0.3 is 14.2 Å². The average molecular weight is 378 g/mol. The lowest BCUT2D eigenvalue weighted by Crippen LogP contribution is -2.40. The number of ether oxygens (including phenoxy) is 3. The van der Waals surface area contributed by atoms with Gasteiger partial charge in [-0.1, -0.05) is 18.2 Å². The second-order valence-corrected chi connectivity index (χ2v) is 5.84. The predicted molar refractivity (Wildman–Crippen MR) is 93.5 cm³/mol. The number of benzene rings is 2. The van der Waals surface area contributed by atoms with Crippen molar-refractivity contribution in [1.29, 1.82) is 0 Å². The normalized spacial score (nSPS) is 16.0. The first-order valence-electron chi connectivity index (χ1n) is 8.24. The van der Waals surface area contributed by atoms with Crippen LogP contribution in [0.1, 0.15) is 12.5 Å². The van der Waals surface area contributed by atoms with Gasteiger partial charge in [-0.15, -0.1) is 0 Å². The first-order valence-corrected chi connectivity index (χ1v) is 8.24. The molecule has 1 heterocycles. The molecule has 1 aliphatic heterocycles. The number of hydrogen-bond donors (Lipinski definition) is 0. The Morgan fingerprint density at radius 2 is 1.78 bits per heavy atom. The Morgan fingerprint density at radius 3 is 2.37 bits per heavy atom. The molecule has 0 radical (unpaired) electrons. The van der Waals surface area contributed by atoms with E-state index in [2.05, 4.69) is 0 Å². The molecule has 1 atom stereocenters. The van der Waals surface area contributed by atoms with Crippen molar-refractivity contribution in [3.05, 3.63) is 53.6 Å². The van der Waals surface area contributed by atoms with E-state index in [0.29, 0.717) is 11.3 Å². The summed E-state index contributed by atoms with van der Waals surface area (Å²) >= 11 is 0. The second kappa shape index (κ2) is 7.34. The lowest BCUT2D eigenvalue weighted by molar-refractivity contribution is -0.187. The van der Waals surface area contributed by atoms with Crippen molar-refractivity contribution in [1.82, 2.24) is 0 Å². The van der Waals surface area contributed by atoms with Crippen LogP contribution in [0.5, 0.6) is 11.5 Å². The maximum atomic E-state index is 13.3.